The van der Waals surface area contributed by atoms with Crippen LogP contribution < -0.4 is 5.73 Å². The Morgan fingerprint density at radius 1 is 1.29 bits per heavy atom. The van der Waals surface area contributed by atoms with Crippen LogP contribution in [0.5, 0.6) is 0 Å². The molecule has 2 aliphatic heterocycles. The van der Waals surface area contributed by atoms with Gasteiger partial charge in [0, 0.05) is 32.6 Å². The molecule has 0 aromatic rings. The second-order valence-electron chi connectivity index (χ2n) is 7.19. The maximum atomic E-state index is 11.8. The summed E-state index contributed by atoms with van der Waals surface area (Å²) in [4.78, 5) is 27.2. The molecular formula is C15H27N3O3. The van der Waals surface area contributed by atoms with E-state index in [-0.39, 0.29) is 12.0 Å². The molecule has 2 saturated heterocycles. The highest BCUT2D eigenvalue weighted by Crippen LogP contribution is 2.24. The van der Waals surface area contributed by atoms with Gasteiger partial charge in [0.05, 0.1) is 0 Å². The van der Waals surface area contributed by atoms with Gasteiger partial charge in [-0.2, -0.15) is 0 Å². The minimum Gasteiger partial charge on any atom is -0.444 e. The van der Waals surface area contributed by atoms with E-state index in [2.05, 4.69) is 0 Å². The smallest absolute Gasteiger partial charge is 0.410 e. The minimum atomic E-state index is -0.443. The summed E-state index contributed by atoms with van der Waals surface area (Å²) in [6, 6.07) is 0. The number of nitrogens with zero attached hydrogens (tertiary/aromatic N) is 2. The Morgan fingerprint density at radius 2 is 1.95 bits per heavy atom. The van der Waals surface area contributed by atoms with Crippen LogP contribution >= 0.6 is 0 Å². The molecule has 0 saturated carbocycles. The van der Waals surface area contributed by atoms with Crippen LogP contribution in [0.15, 0.2) is 0 Å². The average molecular weight is 297 g/mol. The van der Waals surface area contributed by atoms with Crippen LogP contribution in [0.1, 0.15) is 33.6 Å². The van der Waals surface area contributed by atoms with E-state index in [4.69, 9.17) is 10.5 Å². The number of rotatable bonds is 4. The van der Waals surface area contributed by atoms with Crippen molar-refractivity contribution in [3.05, 3.63) is 0 Å². The van der Waals surface area contributed by atoms with Crippen molar-refractivity contribution in [2.75, 3.05) is 32.7 Å². The van der Waals surface area contributed by atoms with Crippen LogP contribution in [-0.4, -0.2) is 60.1 Å². The van der Waals surface area contributed by atoms with Crippen molar-refractivity contribution in [3.63, 3.8) is 0 Å². The van der Waals surface area contributed by atoms with Gasteiger partial charge in [-0.15, -0.1) is 0 Å². The molecule has 1 unspecified atom stereocenters. The quantitative estimate of drug-likeness (QED) is 0.841. The predicted octanol–water partition coefficient (Wildman–Crippen LogP) is 1.05. The zero-order chi connectivity index (χ0) is 15.6. The van der Waals surface area contributed by atoms with Gasteiger partial charge in [-0.25, -0.2) is 4.79 Å². The molecule has 2 aliphatic rings. The summed E-state index contributed by atoms with van der Waals surface area (Å²) in [5.41, 5.74) is 5.17. The van der Waals surface area contributed by atoms with Crippen LogP contribution in [0.4, 0.5) is 4.79 Å². The van der Waals surface area contributed by atoms with E-state index in [9.17, 15) is 9.59 Å². The fraction of sp³-hybridized carbons (Fsp3) is 0.867. The largest absolute Gasteiger partial charge is 0.444 e. The van der Waals surface area contributed by atoms with E-state index in [1.54, 1.807) is 4.90 Å². The van der Waals surface area contributed by atoms with Gasteiger partial charge in [0.25, 0.3) is 0 Å². The molecule has 0 aromatic heterocycles. The van der Waals surface area contributed by atoms with Crippen molar-refractivity contribution in [1.29, 1.82) is 0 Å². The Bertz CT molecular complexity index is 399. The first kappa shape index (κ1) is 16.1. The second-order valence-corrected chi connectivity index (χ2v) is 7.19. The van der Waals surface area contributed by atoms with Gasteiger partial charge in [-0.1, -0.05) is 0 Å². The van der Waals surface area contributed by atoms with Crippen LogP contribution in [0.2, 0.25) is 0 Å². The van der Waals surface area contributed by atoms with Crippen LogP contribution in [0.25, 0.3) is 0 Å². The molecule has 2 fully saturated rings. The summed E-state index contributed by atoms with van der Waals surface area (Å²) in [7, 11) is 0. The maximum Gasteiger partial charge on any atom is 0.410 e. The third-order valence-electron chi connectivity index (χ3n) is 4.04. The highest BCUT2D eigenvalue weighted by atomic mass is 16.6. The lowest BCUT2D eigenvalue weighted by Crippen LogP contribution is -2.52. The Balaban J connectivity index is 1.65. The number of likely N-dealkylation sites (tertiary alicyclic amines) is 2. The lowest BCUT2D eigenvalue weighted by molar-refractivity contribution is -0.128. The first-order chi connectivity index (χ1) is 9.78. The number of ether oxygens (including phenoxy) is 1. The molecule has 0 bridgehead atoms. The highest BCUT2D eigenvalue weighted by Gasteiger charge is 2.35. The van der Waals surface area contributed by atoms with E-state index >= 15 is 0 Å². The molecule has 0 radical (unpaired) electrons. The molecule has 21 heavy (non-hydrogen) atoms. The Morgan fingerprint density at radius 3 is 2.48 bits per heavy atom. The van der Waals surface area contributed by atoms with Gasteiger partial charge in [-0.05, 0) is 45.6 Å². The molecule has 120 valence electrons. The van der Waals surface area contributed by atoms with E-state index in [1.807, 2.05) is 25.7 Å². The second kappa shape index (κ2) is 6.22. The Kier molecular flexibility index (Phi) is 4.76. The van der Waals surface area contributed by atoms with Gasteiger partial charge >= 0.3 is 6.09 Å². The number of amides is 2. The molecule has 0 aromatic carbocycles. The SMILES string of the molecule is CC(C)(C)OC(=O)N1CC(CCN2CC(CN)CC2=O)C1. The standard InChI is InChI=1S/C15H27N3O3/c1-15(2,3)21-14(20)18-8-11(9-18)4-5-17-10-12(7-16)6-13(17)19/h11-12H,4-10,16H2,1-3H3. The van der Waals surface area contributed by atoms with Gasteiger partial charge in [0.15, 0.2) is 0 Å². The van der Waals surface area contributed by atoms with Gasteiger partial charge < -0.3 is 20.3 Å². The van der Waals surface area contributed by atoms with Crippen molar-refractivity contribution in [1.82, 2.24) is 9.80 Å². The minimum absolute atomic E-state index is 0.216. The number of carbonyl (C=O) groups excluding carboxylic acids is 2. The molecule has 6 nitrogen and oxygen atoms in total. The molecule has 0 aliphatic carbocycles. The van der Waals surface area contributed by atoms with Crippen molar-refractivity contribution in [2.45, 2.75) is 39.2 Å². The lowest BCUT2D eigenvalue weighted by atomic mass is 9.96. The molecule has 2 heterocycles. The topological polar surface area (TPSA) is 75.9 Å². The molecule has 2 amide bonds. The van der Waals surface area contributed by atoms with Crippen LogP contribution in [-0.2, 0) is 9.53 Å². The monoisotopic (exact) mass is 297 g/mol. The Labute approximate surface area is 126 Å². The van der Waals surface area contributed by atoms with Gasteiger partial charge in [0.2, 0.25) is 5.91 Å². The number of carbonyl (C=O) groups is 2. The van der Waals surface area contributed by atoms with Crippen molar-refractivity contribution >= 4 is 12.0 Å². The van der Waals surface area contributed by atoms with E-state index in [0.717, 1.165) is 32.6 Å². The van der Waals surface area contributed by atoms with Crippen LogP contribution in [0, 0.1) is 11.8 Å². The van der Waals surface area contributed by atoms with Crippen molar-refractivity contribution < 1.29 is 14.3 Å². The van der Waals surface area contributed by atoms with E-state index in [1.165, 1.54) is 0 Å². The Hall–Kier alpha value is -1.30. The third-order valence-corrected chi connectivity index (χ3v) is 4.04. The fourth-order valence-corrected chi connectivity index (χ4v) is 2.79. The summed E-state index contributed by atoms with van der Waals surface area (Å²) in [5.74, 6) is 1.01. The number of hydrogen-bond acceptors (Lipinski definition) is 4. The molecule has 0 spiro atoms. The lowest BCUT2D eigenvalue weighted by Gasteiger charge is -2.40. The van der Waals surface area contributed by atoms with E-state index in [0.29, 0.717) is 24.8 Å². The zero-order valence-electron chi connectivity index (χ0n) is 13.3. The number of nitrogens with two attached hydrogens (primary N) is 1. The molecule has 6 heteroatoms. The summed E-state index contributed by atoms with van der Waals surface area (Å²) in [5, 5.41) is 0. The molecule has 1 atom stereocenters. The van der Waals surface area contributed by atoms with Crippen molar-refractivity contribution in [2.24, 2.45) is 17.6 Å². The van der Waals surface area contributed by atoms with E-state index < -0.39 is 5.60 Å². The molecular weight excluding hydrogens is 270 g/mol. The maximum absolute atomic E-state index is 11.8. The van der Waals surface area contributed by atoms with Gasteiger partial charge in [-0.3, -0.25) is 4.79 Å². The van der Waals surface area contributed by atoms with Gasteiger partial charge in [0.1, 0.15) is 5.60 Å². The van der Waals surface area contributed by atoms with Crippen LogP contribution in [0.3, 0.4) is 0 Å². The molecule has 2 rings (SSSR count). The highest BCUT2D eigenvalue weighted by molar-refractivity contribution is 5.78. The third kappa shape index (κ3) is 4.33. The van der Waals surface area contributed by atoms with Crippen molar-refractivity contribution in [3.8, 4) is 0 Å². The first-order valence-corrected chi connectivity index (χ1v) is 7.74. The first-order valence-electron chi connectivity index (χ1n) is 7.74. The molecule has 2 N–H and O–H groups in total. The summed E-state index contributed by atoms with van der Waals surface area (Å²) >= 11 is 0. The zero-order valence-corrected chi connectivity index (χ0v) is 13.3. The summed E-state index contributed by atoms with van der Waals surface area (Å²) in [6.45, 7) is 9.23. The summed E-state index contributed by atoms with van der Waals surface area (Å²) < 4.78 is 5.32. The predicted molar refractivity (Wildman–Crippen MR) is 79.7 cm³/mol. The number of hydrogen-bond donors (Lipinski definition) is 1. The normalized spacial score (nSPS) is 23.4. The summed E-state index contributed by atoms with van der Waals surface area (Å²) in [6.07, 6.45) is 1.30. The fourth-order valence-electron chi connectivity index (χ4n) is 2.79. The average Bonchev–Trinajstić information content (AvgIpc) is 2.66.